The van der Waals surface area contributed by atoms with Crippen LogP contribution in [0.1, 0.15) is 44.5 Å². The van der Waals surface area contributed by atoms with Crippen LogP contribution in [0.2, 0.25) is 11.5 Å². The molecule has 0 atom stereocenters. The van der Waals surface area contributed by atoms with Crippen molar-refractivity contribution in [2.45, 2.75) is 62.9 Å². The average Bonchev–Trinajstić information content (AvgIpc) is 2.87. The predicted molar refractivity (Wildman–Crippen MR) is 152 cm³/mol. The van der Waals surface area contributed by atoms with E-state index in [4.69, 9.17) is 0 Å². The van der Waals surface area contributed by atoms with E-state index in [2.05, 4.69) is 96.4 Å². The number of benzene rings is 4. The van der Waals surface area contributed by atoms with Crippen LogP contribution < -0.4 is 8.79 Å². The van der Waals surface area contributed by atoms with E-state index in [0.29, 0.717) is 0 Å². The van der Waals surface area contributed by atoms with Crippen LogP contribution in [0.3, 0.4) is 0 Å². The third kappa shape index (κ3) is 4.78. The van der Waals surface area contributed by atoms with Gasteiger partial charge in [0.15, 0.2) is 0 Å². The third-order valence-electron chi connectivity index (χ3n) is 8.51. The zero-order valence-electron chi connectivity index (χ0n) is 21.2. The molecule has 1 heteroatoms. The molecular formula is C34H36Ge. The maximum absolute atomic E-state index is 2.66. The van der Waals surface area contributed by atoms with Gasteiger partial charge in [0.2, 0.25) is 0 Å². The van der Waals surface area contributed by atoms with E-state index >= 15 is 0 Å². The molecular weight excluding hydrogens is 481 g/mol. The van der Waals surface area contributed by atoms with E-state index in [0.717, 1.165) is 51.4 Å². The van der Waals surface area contributed by atoms with Crippen LogP contribution in [0.4, 0.5) is 0 Å². The van der Waals surface area contributed by atoms with Crippen LogP contribution >= 0.6 is 0 Å². The van der Waals surface area contributed by atoms with Gasteiger partial charge in [0.05, 0.1) is 0 Å². The first kappa shape index (κ1) is 22.9. The Balaban J connectivity index is 1.42. The summed E-state index contributed by atoms with van der Waals surface area (Å²) in [6, 6.07) is 33.8. The number of hydrogen-bond acceptors (Lipinski definition) is 0. The van der Waals surface area contributed by atoms with Crippen molar-refractivity contribution in [1.82, 2.24) is 0 Å². The molecule has 35 heavy (non-hydrogen) atoms. The summed E-state index contributed by atoms with van der Waals surface area (Å²) in [5.74, 6) is 5.31. The van der Waals surface area contributed by atoms with Gasteiger partial charge in [-0.1, -0.05) is 0 Å². The van der Waals surface area contributed by atoms with Gasteiger partial charge < -0.3 is 0 Å². The Morgan fingerprint density at radius 3 is 1.03 bits per heavy atom. The van der Waals surface area contributed by atoms with E-state index in [9.17, 15) is 0 Å². The summed E-state index contributed by atoms with van der Waals surface area (Å²) >= 11 is -2.55. The van der Waals surface area contributed by atoms with E-state index in [1.165, 1.54) is 33.4 Å². The molecule has 12 rings (SSSR count). The molecule has 8 aliphatic carbocycles. The van der Waals surface area contributed by atoms with Crippen LogP contribution in [-0.4, -0.2) is 13.3 Å². The Hall–Kier alpha value is -2.58. The van der Waals surface area contributed by atoms with Gasteiger partial charge >= 0.3 is 214 Å². The van der Waals surface area contributed by atoms with Gasteiger partial charge in [-0.2, -0.15) is 0 Å². The zero-order valence-corrected chi connectivity index (χ0v) is 23.3. The minimum atomic E-state index is -2.55. The monoisotopic (exact) mass is 518 g/mol. The Bertz CT molecular complexity index is 1240. The number of rotatable bonds is 2. The van der Waals surface area contributed by atoms with Gasteiger partial charge in [-0.15, -0.1) is 0 Å². The van der Waals surface area contributed by atoms with Crippen LogP contribution in [0.5, 0.6) is 0 Å². The van der Waals surface area contributed by atoms with Crippen LogP contribution in [0.25, 0.3) is 0 Å². The van der Waals surface area contributed by atoms with E-state index < -0.39 is 13.3 Å². The van der Waals surface area contributed by atoms with Crippen molar-refractivity contribution in [3.8, 4) is 0 Å². The molecule has 0 unspecified atom stereocenters. The van der Waals surface area contributed by atoms with Crippen LogP contribution in [-0.2, 0) is 51.4 Å². The van der Waals surface area contributed by atoms with Crippen molar-refractivity contribution in [3.05, 3.63) is 129 Å². The summed E-state index contributed by atoms with van der Waals surface area (Å²) in [5.41, 5.74) is 12.1. The molecule has 4 aromatic carbocycles. The van der Waals surface area contributed by atoms with E-state index in [1.807, 2.05) is 0 Å². The summed E-state index contributed by atoms with van der Waals surface area (Å²) in [4.78, 5) is 0. The van der Waals surface area contributed by atoms with Gasteiger partial charge in [0.25, 0.3) is 0 Å². The molecule has 0 nitrogen and oxygen atoms in total. The Morgan fingerprint density at radius 1 is 0.371 bits per heavy atom. The summed E-state index contributed by atoms with van der Waals surface area (Å²) in [5, 5.41) is 0. The van der Waals surface area contributed by atoms with E-state index in [1.54, 1.807) is 19.9 Å². The fourth-order valence-corrected chi connectivity index (χ4v) is 13.3. The molecule has 0 saturated heterocycles. The second-order valence-electron chi connectivity index (χ2n) is 11.2. The van der Waals surface area contributed by atoms with Gasteiger partial charge in [-0.25, -0.2) is 0 Å². The quantitative estimate of drug-likeness (QED) is 0.275. The first-order valence-corrected chi connectivity index (χ1v) is 19.7. The second-order valence-corrected chi connectivity index (χ2v) is 20.3. The Kier molecular flexibility index (Phi) is 6.18. The molecule has 176 valence electrons. The molecule has 0 N–H and O–H groups in total. The second kappa shape index (κ2) is 9.47. The van der Waals surface area contributed by atoms with Crippen LogP contribution in [0, 0.1) is 0 Å². The molecule has 0 aliphatic heterocycles. The fourth-order valence-electron chi connectivity index (χ4n) is 6.18. The van der Waals surface area contributed by atoms with Crippen molar-refractivity contribution in [3.63, 3.8) is 0 Å². The predicted octanol–water partition coefficient (Wildman–Crippen LogP) is 6.28. The molecule has 0 heterocycles. The van der Waals surface area contributed by atoms with Gasteiger partial charge in [0.1, 0.15) is 0 Å². The minimum absolute atomic E-state index is 1.13. The van der Waals surface area contributed by atoms with Gasteiger partial charge in [-0.05, 0) is 0 Å². The molecule has 4 aromatic rings. The van der Waals surface area contributed by atoms with Crippen molar-refractivity contribution in [2.75, 3.05) is 0 Å². The third-order valence-corrected chi connectivity index (χ3v) is 16.1. The van der Waals surface area contributed by atoms with Gasteiger partial charge in [-0.3, -0.25) is 0 Å². The molecule has 0 radical (unpaired) electrons. The van der Waals surface area contributed by atoms with Crippen LogP contribution in [0.15, 0.2) is 84.9 Å². The van der Waals surface area contributed by atoms with Gasteiger partial charge in [0, 0.05) is 0 Å². The topological polar surface area (TPSA) is 0 Å². The zero-order chi connectivity index (χ0) is 23.8. The Labute approximate surface area is 213 Å². The standard InChI is InChI=1S/C34H36Ge/c1-35(2,33-23-29-13-11-25-3-7-27(8-4-25)15-19-31(33)21-17-29)34-24-30-14-12-26-5-9-28(10-6-26)16-20-32(34)22-18-30/h3-10,17-18,21-24H,11-16,19-20H2,1-2H3. The molecule has 0 amide bonds. The molecule has 0 spiro atoms. The molecule has 8 aliphatic rings. The maximum atomic E-state index is 2.66. The summed E-state index contributed by atoms with van der Waals surface area (Å²) in [7, 11) is 0. The number of aryl methyl sites for hydroxylation is 8. The van der Waals surface area contributed by atoms with Crippen molar-refractivity contribution in [2.24, 2.45) is 0 Å². The Morgan fingerprint density at radius 2 is 0.657 bits per heavy atom. The van der Waals surface area contributed by atoms with Crippen molar-refractivity contribution in [1.29, 1.82) is 0 Å². The molecule has 0 fully saturated rings. The first-order chi connectivity index (χ1) is 17.0. The van der Waals surface area contributed by atoms with Crippen molar-refractivity contribution >= 4 is 22.1 Å². The number of hydrogen-bond donors (Lipinski definition) is 0. The SMILES string of the molecule is [CH3][Ge]([CH3])([c]1cc2ccc1CCc1ccc(cc1)CC2)[c]1cc2ccc1CCc1ccc(cc1)CC2. The molecule has 0 aromatic heterocycles. The van der Waals surface area contributed by atoms with E-state index in [-0.39, 0.29) is 0 Å². The normalized spacial score (nSPS) is 15.4. The fraction of sp³-hybridized carbons (Fsp3) is 0.294. The molecule has 8 bridgehead atoms. The average molecular weight is 517 g/mol. The summed E-state index contributed by atoms with van der Waals surface area (Å²) in [6.45, 7) is 0. The summed E-state index contributed by atoms with van der Waals surface area (Å²) in [6.07, 6.45) is 9.08. The van der Waals surface area contributed by atoms with Crippen molar-refractivity contribution < 1.29 is 0 Å². The summed E-state index contributed by atoms with van der Waals surface area (Å²) < 4.78 is 3.43. The first-order valence-electron chi connectivity index (χ1n) is 13.4. The molecule has 0 saturated carbocycles.